The highest BCUT2D eigenvalue weighted by Crippen LogP contribution is 2.34. The highest BCUT2D eigenvalue weighted by molar-refractivity contribution is 6.42. The highest BCUT2D eigenvalue weighted by Gasteiger charge is 2.08. The van der Waals surface area contributed by atoms with Gasteiger partial charge in [0, 0.05) is 11.6 Å². The van der Waals surface area contributed by atoms with Crippen LogP contribution in [0.25, 0.3) is 0 Å². The summed E-state index contributed by atoms with van der Waals surface area (Å²) in [5.74, 6) is -0.0827. The van der Waals surface area contributed by atoms with E-state index in [1.165, 1.54) is 6.07 Å². The van der Waals surface area contributed by atoms with Crippen molar-refractivity contribution in [3.8, 4) is 11.5 Å². The van der Waals surface area contributed by atoms with Gasteiger partial charge in [-0.3, -0.25) is 4.79 Å². The van der Waals surface area contributed by atoms with E-state index in [1.807, 2.05) is 0 Å². The molecule has 0 N–H and O–H groups in total. The lowest BCUT2D eigenvalue weighted by Gasteiger charge is -2.08. The molecule has 0 unspecified atom stereocenters. The quantitative estimate of drug-likeness (QED) is 0.761. The first-order valence-electron chi connectivity index (χ1n) is 4.98. The highest BCUT2D eigenvalue weighted by atomic mass is 35.5. The number of hydrogen-bond donors (Lipinski definition) is 0. The van der Waals surface area contributed by atoms with Crippen LogP contribution in [0.3, 0.4) is 0 Å². The van der Waals surface area contributed by atoms with Gasteiger partial charge in [0.25, 0.3) is 0 Å². The SMILES string of the molecule is O=Cc1cc(F)cc(Oc2cccc(Cl)c2Cl)c1. The molecular formula is C13H7Cl2FO2. The third kappa shape index (κ3) is 2.81. The minimum absolute atomic E-state index is 0.182. The fourth-order valence-corrected chi connectivity index (χ4v) is 1.73. The van der Waals surface area contributed by atoms with Crippen molar-refractivity contribution in [3.05, 3.63) is 57.8 Å². The maximum absolute atomic E-state index is 13.2. The number of halogens is 3. The zero-order valence-electron chi connectivity index (χ0n) is 8.99. The molecule has 0 aliphatic carbocycles. The molecule has 0 atom stereocenters. The Bertz CT molecular complexity index is 600. The predicted octanol–water partition coefficient (Wildman–Crippen LogP) is 4.74. The topological polar surface area (TPSA) is 26.3 Å². The van der Waals surface area contributed by atoms with Crippen LogP contribution in [0.2, 0.25) is 10.0 Å². The van der Waals surface area contributed by atoms with Crippen molar-refractivity contribution >= 4 is 29.5 Å². The smallest absolute Gasteiger partial charge is 0.150 e. The molecule has 0 saturated heterocycles. The Kier molecular flexibility index (Phi) is 3.84. The Hall–Kier alpha value is -1.58. The molecule has 2 aromatic rings. The van der Waals surface area contributed by atoms with Gasteiger partial charge in [0.15, 0.2) is 0 Å². The van der Waals surface area contributed by atoms with Gasteiger partial charge in [-0.2, -0.15) is 0 Å². The van der Waals surface area contributed by atoms with Crippen LogP contribution in [0.1, 0.15) is 10.4 Å². The Balaban J connectivity index is 2.36. The van der Waals surface area contributed by atoms with Crippen molar-refractivity contribution in [2.45, 2.75) is 0 Å². The van der Waals surface area contributed by atoms with Crippen LogP contribution in [-0.4, -0.2) is 6.29 Å². The first-order chi connectivity index (χ1) is 8.60. The van der Waals surface area contributed by atoms with Gasteiger partial charge in [0.05, 0.1) is 5.02 Å². The predicted molar refractivity (Wildman–Crippen MR) is 68.3 cm³/mol. The normalized spacial score (nSPS) is 10.2. The molecule has 0 aromatic heterocycles. The number of aldehydes is 1. The molecule has 0 aliphatic heterocycles. The summed E-state index contributed by atoms with van der Waals surface area (Å²) >= 11 is 11.8. The summed E-state index contributed by atoms with van der Waals surface area (Å²) in [5, 5.41) is 0.567. The van der Waals surface area contributed by atoms with Gasteiger partial charge in [0.2, 0.25) is 0 Å². The van der Waals surface area contributed by atoms with Gasteiger partial charge in [-0.25, -0.2) is 4.39 Å². The van der Waals surface area contributed by atoms with Gasteiger partial charge in [-0.1, -0.05) is 29.3 Å². The van der Waals surface area contributed by atoms with E-state index in [0.717, 1.165) is 12.1 Å². The van der Waals surface area contributed by atoms with Gasteiger partial charge in [-0.15, -0.1) is 0 Å². The van der Waals surface area contributed by atoms with Crippen LogP contribution in [0.5, 0.6) is 11.5 Å². The largest absolute Gasteiger partial charge is 0.456 e. The number of benzene rings is 2. The Morgan fingerprint density at radius 3 is 2.67 bits per heavy atom. The van der Waals surface area contributed by atoms with Crippen molar-refractivity contribution < 1.29 is 13.9 Å². The van der Waals surface area contributed by atoms with E-state index in [4.69, 9.17) is 27.9 Å². The van der Waals surface area contributed by atoms with E-state index in [9.17, 15) is 9.18 Å². The third-order valence-corrected chi connectivity index (χ3v) is 2.98. The van der Waals surface area contributed by atoms with E-state index in [2.05, 4.69) is 0 Å². The first kappa shape index (κ1) is 12.9. The van der Waals surface area contributed by atoms with Crippen molar-refractivity contribution in [1.29, 1.82) is 0 Å². The fourth-order valence-electron chi connectivity index (χ4n) is 1.40. The maximum Gasteiger partial charge on any atom is 0.150 e. The zero-order chi connectivity index (χ0) is 13.1. The molecule has 0 amide bonds. The van der Waals surface area contributed by atoms with E-state index in [-0.39, 0.29) is 16.3 Å². The molecule has 0 saturated carbocycles. The van der Waals surface area contributed by atoms with Gasteiger partial charge >= 0.3 is 0 Å². The Morgan fingerprint density at radius 1 is 1.17 bits per heavy atom. The molecule has 0 radical (unpaired) electrons. The number of carbonyl (C=O) groups excluding carboxylic acids is 1. The number of ether oxygens (including phenoxy) is 1. The molecule has 0 spiro atoms. The monoisotopic (exact) mass is 284 g/mol. The summed E-state index contributed by atoms with van der Waals surface area (Å²) in [5.41, 5.74) is 0.183. The number of rotatable bonds is 3. The van der Waals surface area contributed by atoms with E-state index in [0.29, 0.717) is 17.1 Å². The summed E-state index contributed by atoms with van der Waals surface area (Å²) < 4.78 is 18.6. The third-order valence-electron chi connectivity index (χ3n) is 2.17. The second-order valence-electron chi connectivity index (χ2n) is 3.49. The molecule has 2 rings (SSSR count). The van der Waals surface area contributed by atoms with Crippen molar-refractivity contribution in [2.75, 3.05) is 0 Å². The average molecular weight is 285 g/mol. The summed E-state index contributed by atoms with van der Waals surface area (Å²) in [6, 6.07) is 8.54. The van der Waals surface area contributed by atoms with Crippen LogP contribution >= 0.6 is 23.2 Å². The number of hydrogen-bond acceptors (Lipinski definition) is 2. The summed E-state index contributed by atoms with van der Waals surface area (Å²) in [6.45, 7) is 0. The summed E-state index contributed by atoms with van der Waals surface area (Å²) in [4.78, 5) is 10.6. The lowest BCUT2D eigenvalue weighted by atomic mass is 10.2. The van der Waals surface area contributed by atoms with E-state index >= 15 is 0 Å². The maximum atomic E-state index is 13.2. The molecule has 2 aromatic carbocycles. The molecule has 5 heteroatoms. The molecule has 18 heavy (non-hydrogen) atoms. The van der Waals surface area contributed by atoms with Gasteiger partial charge in [0.1, 0.15) is 28.6 Å². The molecule has 2 nitrogen and oxygen atoms in total. The Morgan fingerprint density at radius 2 is 1.94 bits per heavy atom. The second-order valence-corrected chi connectivity index (χ2v) is 4.28. The van der Waals surface area contributed by atoms with Crippen LogP contribution < -0.4 is 4.74 Å². The second kappa shape index (κ2) is 5.38. The first-order valence-corrected chi connectivity index (χ1v) is 5.73. The van der Waals surface area contributed by atoms with E-state index in [1.54, 1.807) is 18.2 Å². The van der Waals surface area contributed by atoms with Crippen LogP contribution in [0.15, 0.2) is 36.4 Å². The minimum atomic E-state index is -0.562. The molecule has 0 fully saturated rings. The fraction of sp³-hybridized carbons (Fsp3) is 0. The summed E-state index contributed by atoms with van der Waals surface area (Å²) in [7, 11) is 0. The van der Waals surface area contributed by atoms with Crippen LogP contribution in [-0.2, 0) is 0 Å². The van der Waals surface area contributed by atoms with Crippen molar-refractivity contribution in [1.82, 2.24) is 0 Å². The zero-order valence-corrected chi connectivity index (χ0v) is 10.5. The van der Waals surface area contributed by atoms with Crippen molar-refractivity contribution in [2.24, 2.45) is 0 Å². The van der Waals surface area contributed by atoms with Gasteiger partial charge < -0.3 is 4.74 Å². The molecular weight excluding hydrogens is 278 g/mol. The molecule has 0 aliphatic rings. The lowest BCUT2D eigenvalue weighted by Crippen LogP contribution is -1.90. The number of carbonyl (C=O) groups is 1. The molecule has 92 valence electrons. The standard InChI is InChI=1S/C13H7Cl2FO2/c14-11-2-1-3-12(13(11)15)18-10-5-8(7-17)4-9(16)6-10/h1-7H. The molecule has 0 heterocycles. The van der Waals surface area contributed by atoms with Gasteiger partial charge in [-0.05, 0) is 24.3 Å². The lowest BCUT2D eigenvalue weighted by molar-refractivity contribution is 0.112. The van der Waals surface area contributed by atoms with Crippen molar-refractivity contribution in [3.63, 3.8) is 0 Å². The molecule has 0 bridgehead atoms. The van der Waals surface area contributed by atoms with E-state index < -0.39 is 5.82 Å². The minimum Gasteiger partial charge on any atom is -0.456 e. The Labute approximate surface area is 113 Å². The van der Waals surface area contributed by atoms with Crippen LogP contribution in [0.4, 0.5) is 4.39 Å². The average Bonchev–Trinajstić information content (AvgIpc) is 2.34. The summed E-state index contributed by atoms with van der Waals surface area (Å²) in [6.07, 6.45) is 0.537. The van der Waals surface area contributed by atoms with Crippen LogP contribution in [0, 0.1) is 5.82 Å².